The molecule has 0 atom stereocenters. The predicted molar refractivity (Wildman–Crippen MR) is 57.7 cm³/mol. The fourth-order valence-electron chi connectivity index (χ4n) is 1.40. The van der Waals surface area contributed by atoms with Gasteiger partial charge in [0.1, 0.15) is 5.82 Å². The van der Waals surface area contributed by atoms with Gasteiger partial charge in [0.25, 0.3) is 5.91 Å². The van der Waals surface area contributed by atoms with Crippen LogP contribution in [0, 0.1) is 12.7 Å². The highest BCUT2D eigenvalue weighted by molar-refractivity contribution is 6.05. The number of H-pyrrole nitrogens is 1. The maximum absolute atomic E-state index is 12.8. The lowest BCUT2D eigenvalue weighted by molar-refractivity contribution is 0.102. The number of nitrogens with one attached hydrogen (secondary N) is 2. The van der Waals surface area contributed by atoms with Crippen molar-refractivity contribution < 1.29 is 9.18 Å². The van der Waals surface area contributed by atoms with Gasteiger partial charge in [0.15, 0.2) is 0 Å². The van der Waals surface area contributed by atoms with E-state index in [4.69, 9.17) is 0 Å². The van der Waals surface area contributed by atoms with E-state index in [2.05, 4.69) is 15.5 Å². The summed E-state index contributed by atoms with van der Waals surface area (Å²) < 4.78 is 12.8. The fraction of sp³-hybridized carbons (Fsp3) is 0.0909. The highest BCUT2D eigenvalue weighted by atomic mass is 19.1. The third-order valence-electron chi connectivity index (χ3n) is 2.19. The molecule has 0 saturated carbocycles. The van der Waals surface area contributed by atoms with E-state index in [1.807, 2.05) is 0 Å². The molecule has 16 heavy (non-hydrogen) atoms. The zero-order valence-corrected chi connectivity index (χ0v) is 8.62. The summed E-state index contributed by atoms with van der Waals surface area (Å²) in [5.74, 6) is -0.628. The molecule has 2 rings (SSSR count). The van der Waals surface area contributed by atoms with Crippen molar-refractivity contribution in [1.29, 1.82) is 0 Å². The molecule has 0 radical (unpaired) electrons. The summed E-state index contributed by atoms with van der Waals surface area (Å²) in [6, 6.07) is 4.04. The summed E-state index contributed by atoms with van der Waals surface area (Å²) in [5, 5.41) is 8.93. The number of halogens is 1. The number of anilines is 1. The summed E-state index contributed by atoms with van der Waals surface area (Å²) in [4.78, 5) is 11.8. The first-order valence-electron chi connectivity index (χ1n) is 4.73. The molecule has 0 bridgehead atoms. The van der Waals surface area contributed by atoms with Crippen LogP contribution in [0.3, 0.4) is 0 Å². The van der Waals surface area contributed by atoms with E-state index < -0.39 is 0 Å². The highest BCUT2D eigenvalue weighted by Gasteiger charge is 2.09. The first-order valence-corrected chi connectivity index (χ1v) is 4.73. The van der Waals surface area contributed by atoms with Crippen LogP contribution in [0.15, 0.2) is 30.6 Å². The van der Waals surface area contributed by atoms with Crippen molar-refractivity contribution in [1.82, 2.24) is 10.2 Å². The number of aromatic nitrogens is 2. The van der Waals surface area contributed by atoms with Crippen molar-refractivity contribution in [3.63, 3.8) is 0 Å². The second-order valence-corrected chi connectivity index (χ2v) is 3.40. The summed E-state index contributed by atoms with van der Waals surface area (Å²) in [7, 11) is 0. The average Bonchev–Trinajstić information content (AvgIpc) is 2.70. The molecule has 1 aromatic heterocycles. The second kappa shape index (κ2) is 4.14. The van der Waals surface area contributed by atoms with E-state index in [1.165, 1.54) is 24.4 Å². The van der Waals surface area contributed by atoms with Gasteiger partial charge in [-0.25, -0.2) is 4.39 Å². The number of hydrogen-bond donors (Lipinski definition) is 2. The molecule has 0 unspecified atom stereocenters. The van der Waals surface area contributed by atoms with Crippen molar-refractivity contribution in [2.75, 3.05) is 5.32 Å². The van der Waals surface area contributed by atoms with Crippen LogP contribution in [0.2, 0.25) is 0 Å². The fourth-order valence-corrected chi connectivity index (χ4v) is 1.40. The van der Waals surface area contributed by atoms with Crippen LogP contribution in [0.1, 0.15) is 15.9 Å². The van der Waals surface area contributed by atoms with E-state index in [0.717, 1.165) is 0 Å². The van der Waals surface area contributed by atoms with Crippen LogP contribution in [-0.2, 0) is 0 Å². The number of rotatable bonds is 2. The van der Waals surface area contributed by atoms with Gasteiger partial charge in [0.05, 0.1) is 11.9 Å². The van der Waals surface area contributed by atoms with Crippen LogP contribution < -0.4 is 5.32 Å². The van der Waals surface area contributed by atoms with Crippen LogP contribution >= 0.6 is 0 Å². The number of carbonyl (C=O) groups excluding carboxylic acids is 1. The monoisotopic (exact) mass is 219 g/mol. The predicted octanol–water partition coefficient (Wildman–Crippen LogP) is 2.11. The standard InChI is InChI=1S/C11H10FN3O/c1-7-4-8(12)2-3-10(7)11(16)15-9-5-13-14-6-9/h2-6H,1H3,(H,13,14)(H,15,16). The molecule has 0 aliphatic heterocycles. The molecule has 82 valence electrons. The summed E-state index contributed by atoms with van der Waals surface area (Å²) >= 11 is 0. The Morgan fingerprint density at radius 1 is 1.50 bits per heavy atom. The Morgan fingerprint density at radius 3 is 2.94 bits per heavy atom. The number of aromatic amines is 1. The minimum Gasteiger partial charge on any atom is -0.319 e. The maximum Gasteiger partial charge on any atom is 0.256 e. The van der Waals surface area contributed by atoms with Gasteiger partial charge < -0.3 is 5.32 Å². The quantitative estimate of drug-likeness (QED) is 0.812. The van der Waals surface area contributed by atoms with Crippen LogP contribution in [-0.4, -0.2) is 16.1 Å². The summed E-state index contributed by atoms with van der Waals surface area (Å²) in [6.45, 7) is 1.69. The molecule has 0 spiro atoms. The molecule has 0 saturated heterocycles. The Balaban J connectivity index is 2.21. The maximum atomic E-state index is 12.8. The number of benzene rings is 1. The molecular weight excluding hydrogens is 209 g/mol. The van der Waals surface area contributed by atoms with E-state index in [1.54, 1.807) is 13.1 Å². The van der Waals surface area contributed by atoms with Crippen molar-refractivity contribution in [2.45, 2.75) is 6.92 Å². The Labute approximate surface area is 91.5 Å². The van der Waals surface area contributed by atoms with Gasteiger partial charge in [0.2, 0.25) is 0 Å². The number of carbonyl (C=O) groups is 1. The van der Waals surface area contributed by atoms with E-state index in [0.29, 0.717) is 16.8 Å². The van der Waals surface area contributed by atoms with Crippen molar-refractivity contribution in [3.05, 3.63) is 47.5 Å². The zero-order chi connectivity index (χ0) is 11.5. The third kappa shape index (κ3) is 2.08. The minimum atomic E-state index is -0.350. The van der Waals surface area contributed by atoms with E-state index in [-0.39, 0.29) is 11.7 Å². The third-order valence-corrected chi connectivity index (χ3v) is 2.19. The van der Waals surface area contributed by atoms with Crippen molar-refractivity contribution in [2.24, 2.45) is 0 Å². The molecule has 1 aromatic carbocycles. The molecule has 0 aliphatic rings. The van der Waals surface area contributed by atoms with Crippen LogP contribution in [0.4, 0.5) is 10.1 Å². The Bertz CT molecular complexity index is 508. The number of nitrogens with zero attached hydrogens (tertiary/aromatic N) is 1. The molecule has 2 N–H and O–H groups in total. The van der Waals surface area contributed by atoms with Crippen molar-refractivity contribution >= 4 is 11.6 Å². The number of aryl methyl sites for hydroxylation is 1. The van der Waals surface area contributed by atoms with Crippen LogP contribution in [0.5, 0.6) is 0 Å². The Hall–Kier alpha value is -2.17. The molecule has 2 aromatic rings. The lowest BCUT2D eigenvalue weighted by Crippen LogP contribution is -2.12. The molecule has 5 heteroatoms. The number of amides is 1. The van der Waals surface area contributed by atoms with Gasteiger partial charge in [-0.15, -0.1) is 0 Å². The van der Waals surface area contributed by atoms with Gasteiger partial charge in [-0.2, -0.15) is 5.10 Å². The second-order valence-electron chi connectivity index (χ2n) is 3.40. The first kappa shape index (κ1) is 10.4. The van der Waals surface area contributed by atoms with Crippen LogP contribution in [0.25, 0.3) is 0 Å². The average molecular weight is 219 g/mol. The van der Waals surface area contributed by atoms with Gasteiger partial charge in [-0.05, 0) is 30.7 Å². The summed E-state index contributed by atoms with van der Waals surface area (Å²) in [6.07, 6.45) is 3.06. The Morgan fingerprint density at radius 2 is 2.31 bits per heavy atom. The van der Waals surface area contributed by atoms with Gasteiger partial charge in [-0.3, -0.25) is 9.89 Å². The topological polar surface area (TPSA) is 57.8 Å². The molecule has 4 nitrogen and oxygen atoms in total. The number of hydrogen-bond acceptors (Lipinski definition) is 2. The molecular formula is C11H10FN3O. The molecule has 1 amide bonds. The zero-order valence-electron chi connectivity index (χ0n) is 8.62. The summed E-state index contributed by atoms with van der Waals surface area (Å²) in [5.41, 5.74) is 1.62. The minimum absolute atomic E-state index is 0.279. The van der Waals surface area contributed by atoms with Gasteiger partial charge >= 0.3 is 0 Å². The van der Waals surface area contributed by atoms with E-state index >= 15 is 0 Å². The smallest absolute Gasteiger partial charge is 0.256 e. The molecule has 0 aliphatic carbocycles. The first-order chi connectivity index (χ1) is 7.66. The highest BCUT2D eigenvalue weighted by Crippen LogP contribution is 2.12. The normalized spacial score (nSPS) is 10.1. The molecule has 0 fully saturated rings. The van der Waals surface area contributed by atoms with Gasteiger partial charge in [-0.1, -0.05) is 0 Å². The van der Waals surface area contributed by atoms with Crippen molar-refractivity contribution in [3.8, 4) is 0 Å². The SMILES string of the molecule is Cc1cc(F)ccc1C(=O)Nc1cn[nH]c1. The molecule has 1 heterocycles. The van der Waals surface area contributed by atoms with Gasteiger partial charge in [0, 0.05) is 11.8 Å². The lowest BCUT2D eigenvalue weighted by Gasteiger charge is -2.05. The Kier molecular flexibility index (Phi) is 2.68. The lowest BCUT2D eigenvalue weighted by atomic mass is 10.1. The largest absolute Gasteiger partial charge is 0.319 e. The van der Waals surface area contributed by atoms with E-state index in [9.17, 15) is 9.18 Å².